The van der Waals surface area contributed by atoms with E-state index in [0.717, 1.165) is 11.6 Å². The number of halogens is 2. The molecule has 0 bridgehead atoms. The Morgan fingerprint density at radius 3 is 2.64 bits per heavy atom. The molecule has 1 aromatic heterocycles. The van der Waals surface area contributed by atoms with Gasteiger partial charge in [-0.15, -0.1) is 0 Å². The van der Waals surface area contributed by atoms with Crippen molar-refractivity contribution in [3.05, 3.63) is 107 Å². The highest BCUT2D eigenvalue weighted by molar-refractivity contribution is 5.96. The van der Waals surface area contributed by atoms with Crippen LogP contribution in [0.2, 0.25) is 0 Å². The molecular weight excluding hydrogens is 424 g/mol. The average molecular weight is 452 g/mol. The molecule has 0 aliphatic heterocycles. The topological polar surface area (TPSA) is 54.5 Å². The molecule has 172 valence electrons. The van der Waals surface area contributed by atoms with Gasteiger partial charge in [-0.3, -0.25) is 4.79 Å². The molecule has 3 aromatic rings. The molecule has 0 saturated heterocycles. The second-order valence-electron chi connectivity index (χ2n) is 7.53. The van der Waals surface area contributed by atoms with Crippen molar-refractivity contribution in [1.29, 1.82) is 0 Å². The molecule has 1 N–H and O–H groups in total. The maximum atomic E-state index is 13.4. The first-order valence-electron chi connectivity index (χ1n) is 10.3. The minimum absolute atomic E-state index is 0. The highest BCUT2D eigenvalue weighted by atomic mass is 19.1. The number of ether oxygens (including phenoxy) is 1. The van der Waals surface area contributed by atoms with Gasteiger partial charge in [0.2, 0.25) is 0 Å². The number of aromatic nitrogens is 1. The van der Waals surface area contributed by atoms with Gasteiger partial charge in [0.15, 0.2) is 0 Å². The zero-order valence-corrected chi connectivity index (χ0v) is 18.7. The van der Waals surface area contributed by atoms with E-state index in [9.17, 15) is 13.6 Å². The number of nitrogens with zero attached hydrogens (tertiary/aromatic N) is 2. The Hall–Kier alpha value is -4.00. The number of pyridine rings is 1. The van der Waals surface area contributed by atoms with Crippen molar-refractivity contribution < 1.29 is 19.7 Å². The third-order valence-electron chi connectivity index (χ3n) is 4.93. The van der Waals surface area contributed by atoms with E-state index in [0.29, 0.717) is 34.0 Å². The fourth-order valence-electron chi connectivity index (χ4n) is 3.17. The summed E-state index contributed by atoms with van der Waals surface area (Å²) < 4.78 is 32.8. The Morgan fingerprint density at radius 2 is 1.94 bits per heavy atom. The first kappa shape index (κ1) is 23.7. The molecule has 2 aromatic carbocycles. The van der Waals surface area contributed by atoms with Gasteiger partial charge in [0.05, 0.1) is 0 Å². The van der Waals surface area contributed by atoms with Crippen LogP contribution in [0.25, 0.3) is 0 Å². The molecule has 0 fully saturated rings. The van der Waals surface area contributed by atoms with Crippen molar-refractivity contribution in [1.82, 2.24) is 10.3 Å². The molecule has 0 spiro atoms. The monoisotopic (exact) mass is 451 g/mol. The van der Waals surface area contributed by atoms with E-state index in [-0.39, 0.29) is 13.9 Å². The van der Waals surface area contributed by atoms with Crippen LogP contribution < -0.4 is 15.0 Å². The zero-order chi connectivity index (χ0) is 24.0. The molecule has 7 heteroatoms. The van der Waals surface area contributed by atoms with Crippen LogP contribution >= 0.6 is 0 Å². The predicted molar refractivity (Wildman–Crippen MR) is 127 cm³/mol. The van der Waals surface area contributed by atoms with E-state index in [1.807, 2.05) is 25.1 Å². The summed E-state index contributed by atoms with van der Waals surface area (Å²) in [5.41, 5.74) is 2.36. The third kappa shape index (κ3) is 6.26. The van der Waals surface area contributed by atoms with Crippen LogP contribution in [0.1, 0.15) is 29.8 Å². The Bertz CT molecular complexity index is 1190. The van der Waals surface area contributed by atoms with E-state index in [4.69, 9.17) is 4.74 Å². The van der Waals surface area contributed by atoms with Gasteiger partial charge in [0.25, 0.3) is 5.91 Å². The number of benzene rings is 2. The van der Waals surface area contributed by atoms with Crippen LogP contribution in [0.3, 0.4) is 0 Å². The van der Waals surface area contributed by atoms with Crippen molar-refractivity contribution in [2.75, 3.05) is 11.9 Å². The Balaban J connectivity index is 0.00000408. The SMILES string of the molecule is C=C/C(C)=C\N(C)c1cc(Oc2cccc(C(=O)NCc3cc(F)cc(F)c3)c2C)ccn1.[HH]. The quantitative estimate of drug-likeness (QED) is 0.417. The third-order valence-corrected chi connectivity index (χ3v) is 4.93. The molecule has 0 atom stereocenters. The van der Waals surface area contributed by atoms with E-state index < -0.39 is 11.6 Å². The fraction of sp³-hybridized carbons (Fsp3) is 0.154. The van der Waals surface area contributed by atoms with Gasteiger partial charge >= 0.3 is 0 Å². The number of carbonyl (C=O) groups excluding carboxylic acids is 1. The minimum atomic E-state index is -0.691. The van der Waals surface area contributed by atoms with Gasteiger partial charge in [-0.25, -0.2) is 13.8 Å². The largest absolute Gasteiger partial charge is 0.457 e. The molecule has 0 unspecified atom stereocenters. The number of nitrogens with one attached hydrogen (secondary N) is 1. The summed E-state index contributed by atoms with van der Waals surface area (Å²) in [6, 6.07) is 11.8. The van der Waals surface area contributed by atoms with Crippen LogP contribution in [-0.2, 0) is 6.54 Å². The Labute approximate surface area is 193 Å². The number of anilines is 1. The lowest BCUT2D eigenvalue weighted by molar-refractivity contribution is 0.0950. The van der Waals surface area contributed by atoms with Crippen LogP contribution in [0.15, 0.2) is 79.2 Å². The maximum absolute atomic E-state index is 13.4. The molecule has 1 amide bonds. The van der Waals surface area contributed by atoms with Gasteiger partial charge in [0, 0.05) is 50.7 Å². The summed E-state index contributed by atoms with van der Waals surface area (Å²) in [7, 11) is 1.87. The summed E-state index contributed by atoms with van der Waals surface area (Å²) >= 11 is 0. The second-order valence-corrected chi connectivity index (χ2v) is 7.53. The minimum Gasteiger partial charge on any atom is -0.457 e. The van der Waals surface area contributed by atoms with E-state index in [2.05, 4.69) is 16.9 Å². The van der Waals surface area contributed by atoms with Crippen LogP contribution in [0.4, 0.5) is 14.6 Å². The highest BCUT2D eigenvalue weighted by Gasteiger charge is 2.14. The van der Waals surface area contributed by atoms with Crippen LogP contribution in [0, 0.1) is 18.6 Å². The number of hydrogen-bond acceptors (Lipinski definition) is 4. The smallest absolute Gasteiger partial charge is 0.251 e. The molecule has 0 saturated carbocycles. The lowest BCUT2D eigenvalue weighted by atomic mass is 10.1. The van der Waals surface area contributed by atoms with E-state index in [1.165, 1.54) is 12.1 Å². The maximum Gasteiger partial charge on any atom is 0.251 e. The summed E-state index contributed by atoms with van der Waals surface area (Å²) in [6.45, 7) is 7.45. The summed E-state index contributed by atoms with van der Waals surface area (Å²) in [4.78, 5) is 18.9. The van der Waals surface area contributed by atoms with Crippen molar-refractivity contribution in [3.8, 4) is 11.5 Å². The van der Waals surface area contributed by atoms with Gasteiger partial charge in [-0.05, 0) is 55.3 Å². The molecule has 3 rings (SSSR count). The molecular formula is C26H27F2N3O2. The van der Waals surface area contributed by atoms with Gasteiger partial charge in [0.1, 0.15) is 29.0 Å². The lowest BCUT2D eigenvalue weighted by Gasteiger charge is -2.16. The van der Waals surface area contributed by atoms with Crippen LogP contribution in [0.5, 0.6) is 11.5 Å². The first-order valence-corrected chi connectivity index (χ1v) is 10.3. The van der Waals surface area contributed by atoms with Gasteiger partial charge in [-0.1, -0.05) is 18.7 Å². The first-order chi connectivity index (χ1) is 15.8. The predicted octanol–water partition coefficient (Wildman–Crippen LogP) is 6.16. The Morgan fingerprint density at radius 1 is 1.21 bits per heavy atom. The average Bonchev–Trinajstić information content (AvgIpc) is 2.78. The molecule has 0 aliphatic carbocycles. The van der Waals surface area contributed by atoms with Crippen molar-refractivity contribution >= 4 is 11.7 Å². The Kier molecular flexibility index (Phi) is 7.56. The normalized spacial score (nSPS) is 11.1. The number of allylic oxidation sites excluding steroid dienone is 2. The van der Waals surface area contributed by atoms with Gasteiger partial charge < -0.3 is 15.0 Å². The van der Waals surface area contributed by atoms with E-state index in [1.54, 1.807) is 49.5 Å². The lowest BCUT2D eigenvalue weighted by Crippen LogP contribution is -2.23. The second kappa shape index (κ2) is 10.5. The summed E-state index contributed by atoms with van der Waals surface area (Å²) in [6.07, 6.45) is 5.30. The van der Waals surface area contributed by atoms with Crippen LogP contribution in [-0.4, -0.2) is 17.9 Å². The fourth-order valence-corrected chi connectivity index (χ4v) is 3.17. The van der Waals surface area contributed by atoms with Crippen molar-refractivity contribution in [3.63, 3.8) is 0 Å². The van der Waals surface area contributed by atoms with Crippen molar-refractivity contribution in [2.24, 2.45) is 0 Å². The highest BCUT2D eigenvalue weighted by Crippen LogP contribution is 2.29. The zero-order valence-electron chi connectivity index (χ0n) is 18.7. The summed E-state index contributed by atoms with van der Waals surface area (Å²) in [5.74, 6) is 0.00141. The summed E-state index contributed by atoms with van der Waals surface area (Å²) in [5, 5.41) is 2.69. The molecule has 0 aliphatic rings. The molecule has 1 heterocycles. The number of hydrogen-bond donors (Lipinski definition) is 1. The van der Waals surface area contributed by atoms with E-state index >= 15 is 0 Å². The number of amides is 1. The molecule has 0 radical (unpaired) electrons. The van der Waals surface area contributed by atoms with Crippen molar-refractivity contribution in [2.45, 2.75) is 20.4 Å². The van der Waals surface area contributed by atoms with Gasteiger partial charge in [-0.2, -0.15) is 0 Å². The number of rotatable bonds is 8. The standard InChI is InChI=1S/C26H25F2N3O2.H2/c1-5-17(2)16-31(4)25-14-22(9-10-29-25)33-24-8-6-7-23(18(24)3)26(32)30-15-19-11-20(27)13-21(28)12-19;/h5-14,16H,1,15H2,2-4H3,(H,30,32);1H/b17-16-;. The molecule has 5 nitrogen and oxygen atoms in total. The molecule has 33 heavy (non-hydrogen) atoms. The number of carbonyl (C=O) groups is 1.